The number of H-pyrrole nitrogens is 1. The first-order valence-electron chi connectivity index (χ1n) is 5.89. The largest absolute Gasteiger partial charge is 0.358 e. The van der Waals surface area contributed by atoms with Gasteiger partial charge in [-0.25, -0.2) is 8.42 Å². The summed E-state index contributed by atoms with van der Waals surface area (Å²) in [5.74, 6) is 0. The second-order valence-corrected chi connectivity index (χ2v) is 6.78. The Morgan fingerprint density at radius 2 is 1.94 bits per heavy atom. The Bertz CT molecular complexity index is 683. The molecule has 0 saturated carbocycles. The van der Waals surface area contributed by atoms with Gasteiger partial charge in [0, 0.05) is 22.9 Å². The van der Waals surface area contributed by atoms with E-state index in [1.807, 2.05) is 12.1 Å². The third-order valence-electron chi connectivity index (χ3n) is 3.50. The number of rotatable bonds is 1. The first-order chi connectivity index (χ1) is 8.05. The van der Waals surface area contributed by atoms with Crippen LogP contribution in [0.4, 0.5) is 0 Å². The van der Waals surface area contributed by atoms with Crippen molar-refractivity contribution in [2.75, 3.05) is 6.26 Å². The third kappa shape index (κ3) is 1.76. The lowest BCUT2D eigenvalue weighted by Crippen LogP contribution is -2.00. The van der Waals surface area contributed by atoms with Gasteiger partial charge < -0.3 is 4.98 Å². The molecule has 1 heterocycles. The van der Waals surface area contributed by atoms with Crippen LogP contribution in [0.15, 0.2) is 23.1 Å². The number of hydrogen-bond acceptors (Lipinski definition) is 2. The maximum Gasteiger partial charge on any atom is 0.175 e. The smallest absolute Gasteiger partial charge is 0.175 e. The number of nitrogens with one attached hydrogen (secondary N) is 1. The molecule has 3 nitrogen and oxygen atoms in total. The summed E-state index contributed by atoms with van der Waals surface area (Å²) in [6, 6.07) is 5.37. The number of aromatic amines is 1. The van der Waals surface area contributed by atoms with Crippen molar-refractivity contribution in [3.8, 4) is 0 Å². The van der Waals surface area contributed by atoms with Gasteiger partial charge in [-0.2, -0.15) is 0 Å². The van der Waals surface area contributed by atoms with E-state index in [2.05, 4.69) is 4.98 Å². The van der Waals surface area contributed by atoms with Crippen molar-refractivity contribution >= 4 is 20.7 Å². The van der Waals surface area contributed by atoms with E-state index in [1.165, 1.54) is 30.4 Å². The second kappa shape index (κ2) is 3.60. The zero-order valence-electron chi connectivity index (χ0n) is 9.79. The van der Waals surface area contributed by atoms with Crippen LogP contribution in [0, 0.1) is 0 Å². The standard InChI is InChI=1S/C13H15NO2S/c1-17(15,16)9-6-7-13-11(8-9)10-4-2-3-5-12(10)14-13/h6-8,14H,2-5H2,1H3. The molecule has 0 fully saturated rings. The monoisotopic (exact) mass is 249 g/mol. The highest BCUT2D eigenvalue weighted by Gasteiger charge is 2.17. The molecular weight excluding hydrogens is 234 g/mol. The SMILES string of the molecule is CS(=O)(=O)c1ccc2[nH]c3c(c2c1)CCCC3. The molecule has 1 aliphatic rings. The summed E-state index contributed by atoms with van der Waals surface area (Å²) in [7, 11) is -3.11. The van der Waals surface area contributed by atoms with Gasteiger partial charge in [0.1, 0.15) is 0 Å². The fourth-order valence-corrected chi connectivity index (χ4v) is 3.26. The Morgan fingerprint density at radius 1 is 1.18 bits per heavy atom. The summed E-state index contributed by atoms with van der Waals surface area (Å²) in [5, 5.41) is 1.09. The molecule has 17 heavy (non-hydrogen) atoms. The van der Waals surface area contributed by atoms with Crippen molar-refractivity contribution in [1.29, 1.82) is 0 Å². The lowest BCUT2D eigenvalue weighted by molar-refractivity contribution is 0.602. The molecule has 4 heteroatoms. The minimum absolute atomic E-state index is 0.414. The predicted molar refractivity (Wildman–Crippen MR) is 68.1 cm³/mol. The molecule has 1 aliphatic carbocycles. The quantitative estimate of drug-likeness (QED) is 0.844. The molecule has 1 aromatic carbocycles. The van der Waals surface area contributed by atoms with Crippen molar-refractivity contribution in [1.82, 2.24) is 4.98 Å². The van der Waals surface area contributed by atoms with Crippen LogP contribution in [0.3, 0.4) is 0 Å². The maximum atomic E-state index is 11.6. The van der Waals surface area contributed by atoms with Crippen molar-refractivity contribution in [3.63, 3.8) is 0 Å². The lowest BCUT2D eigenvalue weighted by Gasteiger charge is -2.10. The van der Waals surface area contributed by atoms with Gasteiger partial charge in [-0.05, 0) is 49.4 Å². The van der Waals surface area contributed by atoms with E-state index in [9.17, 15) is 8.42 Å². The van der Waals surface area contributed by atoms with E-state index in [1.54, 1.807) is 6.07 Å². The number of aryl methyl sites for hydroxylation is 2. The molecule has 0 bridgehead atoms. The minimum atomic E-state index is -3.11. The first kappa shape index (κ1) is 10.8. The molecule has 2 aromatic rings. The molecule has 0 aliphatic heterocycles. The summed E-state index contributed by atoms with van der Waals surface area (Å²) in [6.07, 6.45) is 5.82. The molecule has 0 atom stereocenters. The Hall–Kier alpha value is -1.29. The Morgan fingerprint density at radius 3 is 2.71 bits per heavy atom. The normalized spacial score (nSPS) is 16.1. The van der Waals surface area contributed by atoms with Gasteiger partial charge in [-0.15, -0.1) is 0 Å². The van der Waals surface area contributed by atoms with Crippen molar-refractivity contribution in [2.45, 2.75) is 30.6 Å². The van der Waals surface area contributed by atoms with Crippen LogP contribution in [0.1, 0.15) is 24.1 Å². The minimum Gasteiger partial charge on any atom is -0.358 e. The molecule has 90 valence electrons. The number of aromatic nitrogens is 1. The van der Waals surface area contributed by atoms with Crippen LogP contribution in [-0.2, 0) is 22.7 Å². The molecule has 0 unspecified atom stereocenters. The van der Waals surface area contributed by atoms with Gasteiger partial charge in [-0.1, -0.05) is 0 Å². The summed E-state index contributed by atoms with van der Waals surface area (Å²) >= 11 is 0. The highest BCUT2D eigenvalue weighted by atomic mass is 32.2. The predicted octanol–water partition coefficient (Wildman–Crippen LogP) is 2.45. The van der Waals surface area contributed by atoms with Crippen molar-refractivity contribution in [2.24, 2.45) is 0 Å². The fraction of sp³-hybridized carbons (Fsp3) is 0.385. The average molecular weight is 249 g/mol. The van der Waals surface area contributed by atoms with Gasteiger partial charge in [0.25, 0.3) is 0 Å². The Balaban J connectivity index is 2.28. The van der Waals surface area contributed by atoms with Crippen LogP contribution < -0.4 is 0 Å². The summed E-state index contributed by atoms with van der Waals surface area (Å²) in [6.45, 7) is 0. The number of fused-ring (bicyclic) bond motifs is 3. The Labute approximate surface area is 101 Å². The van der Waals surface area contributed by atoms with Gasteiger partial charge in [-0.3, -0.25) is 0 Å². The third-order valence-corrected chi connectivity index (χ3v) is 4.61. The first-order valence-corrected chi connectivity index (χ1v) is 7.78. The highest BCUT2D eigenvalue weighted by Crippen LogP contribution is 2.30. The zero-order valence-corrected chi connectivity index (χ0v) is 10.6. The van der Waals surface area contributed by atoms with Gasteiger partial charge in [0.05, 0.1) is 4.90 Å². The van der Waals surface area contributed by atoms with Crippen LogP contribution >= 0.6 is 0 Å². The average Bonchev–Trinajstić information content (AvgIpc) is 2.65. The molecule has 0 saturated heterocycles. The lowest BCUT2D eigenvalue weighted by atomic mass is 9.96. The summed E-state index contributed by atoms with van der Waals surface area (Å²) in [5.41, 5.74) is 3.66. The zero-order chi connectivity index (χ0) is 12.0. The summed E-state index contributed by atoms with van der Waals surface area (Å²) < 4.78 is 23.1. The summed E-state index contributed by atoms with van der Waals surface area (Å²) in [4.78, 5) is 3.81. The topological polar surface area (TPSA) is 49.9 Å². The molecular formula is C13H15NO2S. The van der Waals surface area contributed by atoms with E-state index >= 15 is 0 Å². The molecule has 0 amide bonds. The van der Waals surface area contributed by atoms with Crippen molar-refractivity contribution < 1.29 is 8.42 Å². The van der Waals surface area contributed by atoms with E-state index < -0.39 is 9.84 Å². The highest BCUT2D eigenvalue weighted by molar-refractivity contribution is 7.90. The van der Waals surface area contributed by atoms with E-state index in [-0.39, 0.29) is 0 Å². The molecule has 3 rings (SSSR count). The van der Waals surface area contributed by atoms with Gasteiger partial charge >= 0.3 is 0 Å². The van der Waals surface area contributed by atoms with Gasteiger partial charge in [0.2, 0.25) is 0 Å². The second-order valence-electron chi connectivity index (χ2n) is 4.77. The maximum absolute atomic E-state index is 11.6. The van der Waals surface area contributed by atoms with Crippen LogP contribution in [-0.4, -0.2) is 19.7 Å². The van der Waals surface area contributed by atoms with E-state index in [4.69, 9.17) is 0 Å². The number of hydrogen-bond donors (Lipinski definition) is 1. The van der Waals surface area contributed by atoms with Gasteiger partial charge in [0.15, 0.2) is 9.84 Å². The molecule has 1 aromatic heterocycles. The van der Waals surface area contributed by atoms with E-state index in [0.29, 0.717) is 4.90 Å². The Kier molecular flexibility index (Phi) is 2.30. The fourth-order valence-electron chi connectivity index (χ4n) is 2.62. The number of benzene rings is 1. The molecule has 0 radical (unpaired) electrons. The molecule has 1 N–H and O–H groups in total. The van der Waals surface area contributed by atoms with E-state index in [0.717, 1.165) is 23.7 Å². The van der Waals surface area contributed by atoms with Crippen LogP contribution in [0.2, 0.25) is 0 Å². The molecule has 0 spiro atoms. The van der Waals surface area contributed by atoms with Crippen molar-refractivity contribution in [3.05, 3.63) is 29.5 Å². The number of sulfone groups is 1. The van der Waals surface area contributed by atoms with Crippen LogP contribution in [0.5, 0.6) is 0 Å². The van der Waals surface area contributed by atoms with Crippen LogP contribution in [0.25, 0.3) is 10.9 Å².